The van der Waals surface area contributed by atoms with Gasteiger partial charge in [-0.3, -0.25) is 4.79 Å². The zero-order valence-corrected chi connectivity index (χ0v) is 13.9. The van der Waals surface area contributed by atoms with Crippen molar-refractivity contribution in [3.63, 3.8) is 0 Å². The molecule has 4 nitrogen and oxygen atoms in total. The van der Waals surface area contributed by atoms with Gasteiger partial charge in [0.05, 0.1) is 6.61 Å². The fourth-order valence-corrected chi connectivity index (χ4v) is 2.82. The van der Waals surface area contributed by atoms with E-state index in [4.69, 9.17) is 9.15 Å². The van der Waals surface area contributed by atoms with Gasteiger partial charge in [-0.25, -0.2) is 4.79 Å². The van der Waals surface area contributed by atoms with Crippen LogP contribution < -0.4 is 0 Å². The number of hydrogen-bond acceptors (Lipinski definition) is 4. The van der Waals surface area contributed by atoms with Crippen molar-refractivity contribution >= 4 is 22.7 Å². The first kappa shape index (κ1) is 16.0. The third kappa shape index (κ3) is 2.71. The minimum Gasteiger partial charge on any atom is -0.462 e. The van der Waals surface area contributed by atoms with E-state index in [9.17, 15) is 9.59 Å². The molecule has 0 fully saturated rings. The normalized spacial score (nSPS) is 10.8. The Balaban J connectivity index is 2.33. The maximum Gasteiger partial charge on any atom is 0.342 e. The first-order valence-electron chi connectivity index (χ1n) is 7.83. The maximum absolute atomic E-state index is 12.5. The zero-order chi connectivity index (χ0) is 17.3. The van der Waals surface area contributed by atoms with Crippen molar-refractivity contribution in [1.29, 1.82) is 0 Å². The number of carbonyl (C=O) groups excluding carboxylic acids is 2. The van der Waals surface area contributed by atoms with Crippen molar-refractivity contribution in [3.05, 3.63) is 59.2 Å². The number of Topliss-reactive ketones (excluding diaryl/α,β-unsaturated/α-hetero) is 1. The summed E-state index contributed by atoms with van der Waals surface area (Å²) in [6.45, 7) is 5.39. The van der Waals surface area contributed by atoms with E-state index in [0.717, 1.165) is 11.1 Å². The van der Waals surface area contributed by atoms with Crippen LogP contribution in [0.1, 0.15) is 40.1 Å². The summed E-state index contributed by atoms with van der Waals surface area (Å²) in [5, 5.41) is 0.600. The number of furan rings is 1. The van der Waals surface area contributed by atoms with Gasteiger partial charge in [0.15, 0.2) is 5.78 Å². The smallest absolute Gasteiger partial charge is 0.342 e. The molecular formula is C20H18O4. The minimum atomic E-state index is -0.451. The minimum absolute atomic E-state index is 0.0494. The molecular weight excluding hydrogens is 304 g/mol. The number of benzene rings is 2. The number of rotatable bonds is 4. The largest absolute Gasteiger partial charge is 0.462 e. The summed E-state index contributed by atoms with van der Waals surface area (Å²) in [6.07, 6.45) is 0. The summed E-state index contributed by atoms with van der Waals surface area (Å²) >= 11 is 0. The molecule has 3 aromatic rings. The highest BCUT2D eigenvalue weighted by atomic mass is 16.5. The predicted molar refractivity (Wildman–Crippen MR) is 92.3 cm³/mol. The summed E-state index contributed by atoms with van der Waals surface area (Å²) in [4.78, 5) is 24.4. The standard InChI is InChI=1S/C20H18O4/c1-4-23-20(22)18-16-11-15(13(3)21)12(2)10-17(16)24-19(18)14-8-6-5-7-9-14/h5-11H,4H2,1-3H3. The van der Waals surface area contributed by atoms with Gasteiger partial charge in [0, 0.05) is 16.5 Å². The lowest BCUT2D eigenvalue weighted by molar-refractivity contribution is 0.0528. The molecule has 1 heterocycles. The van der Waals surface area contributed by atoms with Gasteiger partial charge >= 0.3 is 5.97 Å². The van der Waals surface area contributed by atoms with E-state index in [1.54, 1.807) is 19.1 Å². The Labute approximate surface area is 140 Å². The Morgan fingerprint density at radius 3 is 2.46 bits per heavy atom. The molecule has 0 aliphatic rings. The van der Waals surface area contributed by atoms with E-state index in [0.29, 0.717) is 27.9 Å². The molecule has 0 amide bonds. The van der Waals surface area contributed by atoms with Gasteiger partial charge in [0.25, 0.3) is 0 Å². The molecule has 24 heavy (non-hydrogen) atoms. The molecule has 122 valence electrons. The fourth-order valence-electron chi connectivity index (χ4n) is 2.82. The number of hydrogen-bond donors (Lipinski definition) is 0. The van der Waals surface area contributed by atoms with Gasteiger partial charge in [-0.15, -0.1) is 0 Å². The third-order valence-electron chi connectivity index (χ3n) is 3.93. The monoisotopic (exact) mass is 322 g/mol. The van der Waals surface area contributed by atoms with Gasteiger partial charge in [0.1, 0.15) is 16.9 Å². The van der Waals surface area contributed by atoms with Crippen LogP contribution >= 0.6 is 0 Å². The Morgan fingerprint density at radius 2 is 1.83 bits per heavy atom. The van der Waals surface area contributed by atoms with Crippen molar-refractivity contribution in [2.45, 2.75) is 20.8 Å². The van der Waals surface area contributed by atoms with Crippen LogP contribution in [0.2, 0.25) is 0 Å². The molecule has 0 unspecified atom stereocenters. The molecule has 2 aromatic carbocycles. The highest BCUT2D eigenvalue weighted by molar-refractivity contribution is 6.11. The van der Waals surface area contributed by atoms with Crippen molar-refractivity contribution in [1.82, 2.24) is 0 Å². The van der Waals surface area contributed by atoms with Gasteiger partial charge in [-0.2, -0.15) is 0 Å². The van der Waals surface area contributed by atoms with Crippen LogP contribution in [0, 0.1) is 6.92 Å². The zero-order valence-electron chi connectivity index (χ0n) is 13.9. The number of fused-ring (bicyclic) bond motifs is 1. The molecule has 1 aromatic heterocycles. The summed E-state index contributed by atoms with van der Waals surface area (Å²) < 4.78 is 11.2. The van der Waals surface area contributed by atoms with E-state index in [1.807, 2.05) is 37.3 Å². The Morgan fingerprint density at radius 1 is 1.12 bits per heavy atom. The number of esters is 1. The average Bonchev–Trinajstić information content (AvgIpc) is 2.93. The Kier molecular flexibility index (Phi) is 4.21. The molecule has 0 N–H and O–H groups in total. The van der Waals surface area contributed by atoms with Crippen LogP contribution in [-0.4, -0.2) is 18.4 Å². The second-order valence-corrected chi connectivity index (χ2v) is 5.61. The van der Waals surface area contributed by atoms with E-state index < -0.39 is 5.97 Å². The summed E-state index contributed by atoms with van der Waals surface area (Å²) in [6, 6.07) is 12.9. The first-order valence-corrected chi connectivity index (χ1v) is 7.83. The molecule has 0 spiro atoms. The van der Waals surface area contributed by atoms with Crippen molar-refractivity contribution in [2.24, 2.45) is 0 Å². The topological polar surface area (TPSA) is 56.5 Å². The second-order valence-electron chi connectivity index (χ2n) is 5.61. The van der Waals surface area contributed by atoms with E-state index in [1.165, 1.54) is 6.92 Å². The van der Waals surface area contributed by atoms with Crippen molar-refractivity contribution in [3.8, 4) is 11.3 Å². The van der Waals surface area contributed by atoms with Gasteiger partial charge in [-0.1, -0.05) is 30.3 Å². The summed E-state index contributed by atoms with van der Waals surface area (Å²) in [7, 11) is 0. The SMILES string of the molecule is CCOC(=O)c1c(-c2ccccc2)oc2cc(C)c(C(C)=O)cc12. The molecule has 0 saturated heterocycles. The van der Waals surface area contributed by atoms with Crippen LogP contribution in [0.4, 0.5) is 0 Å². The quantitative estimate of drug-likeness (QED) is 0.512. The first-order chi connectivity index (χ1) is 11.5. The molecule has 0 radical (unpaired) electrons. The molecule has 3 rings (SSSR count). The molecule has 0 saturated carbocycles. The lowest BCUT2D eigenvalue weighted by atomic mass is 9.99. The molecule has 4 heteroatoms. The Hall–Kier alpha value is -2.88. The van der Waals surface area contributed by atoms with Gasteiger partial charge in [-0.05, 0) is 38.5 Å². The van der Waals surface area contributed by atoms with Crippen LogP contribution in [0.15, 0.2) is 46.9 Å². The van der Waals surface area contributed by atoms with Gasteiger partial charge in [0.2, 0.25) is 0 Å². The number of ketones is 1. The number of carbonyl (C=O) groups is 2. The predicted octanol–water partition coefficient (Wildman–Crippen LogP) is 4.79. The van der Waals surface area contributed by atoms with Crippen molar-refractivity contribution in [2.75, 3.05) is 6.61 Å². The summed E-state index contributed by atoms with van der Waals surface area (Å²) in [5.74, 6) is -0.0377. The molecule has 0 aliphatic heterocycles. The molecule has 0 atom stereocenters. The fraction of sp³-hybridized carbons (Fsp3) is 0.200. The van der Waals surface area contributed by atoms with E-state index in [-0.39, 0.29) is 12.4 Å². The van der Waals surface area contributed by atoms with E-state index in [2.05, 4.69) is 0 Å². The average molecular weight is 322 g/mol. The third-order valence-corrected chi connectivity index (χ3v) is 3.93. The van der Waals surface area contributed by atoms with Crippen LogP contribution in [0.25, 0.3) is 22.3 Å². The lowest BCUT2D eigenvalue weighted by Crippen LogP contribution is -2.05. The maximum atomic E-state index is 12.5. The lowest BCUT2D eigenvalue weighted by Gasteiger charge is -2.04. The molecule has 0 aliphatic carbocycles. The second kappa shape index (κ2) is 6.32. The number of aryl methyl sites for hydroxylation is 1. The van der Waals surface area contributed by atoms with Crippen molar-refractivity contribution < 1.29 is 18.7 Å². The number of ether oxygens (including phenoxy) is 1. The van der Waals surface area contributed by atoms with Crippen LogP contribution in [-0.2, 0) is 4.74 Å². The van der Waals surface area contributed by atoms with E-state index >= 15 is 0 Å². The highest BCUT2D eigenvalue weighted by Crippen LogP contribution is 2.35. The Bertz CT molecular complexity index is 920. The summed E-state index contributed by atoms with van der Waals surface area (Å²) in [5.41, 5.74) is 3.12. The van der Waals surface area contributed by atoms with Crippen LogP contribution in [0.3, 0.4) is 0 Å². The van der Waals surface area contributed by atoms with Crippen LogP contribution in [0.5, 0.6) is 0 Å². The highest BCUT2D eigenvalue weighted by Gasteiger charge is 2.24. The molecule has 0 bridgehead atoms. The van der Waals surface area contributed by atoms with Gasteiger partial charge < -0.3 is 9.15 Å².